The lowest BCUT2D eigenvalue weighted by molar-refractivity contribution is 0.151. The van der Waals surface area contributed by atoms with Crippen LogP contribution in [0.4, 0.5) is 0 Å². The first-order valence-corrected chi connectivity index (χ1v) is 7.18. The van der Waals surface area contributed by atoms with Crippen molar-refractivity contribution in [1.29, 1.82) is 0 Å². The van der Waals surface area contributed by atoms with E-state index in [-0.39, 0.29) is 0 Å². The van der Waals surface area contributed by atoms with Gasteiger partial charge in [-0.05, 0) is 24.9 Å². The highest BCUT2D eigenvalue weighted by Gasteiger charge is 2.22. The molecule has 108 valence electrons. The van der Waals surface area contributed by atoms with Gasteiger partial charge in [-0.25, -0.2) is 0 Å². The fourth-order valence-electron chi connectivity index (χ4n) is 2.57. The monoisotopic (exact) mass is 266 g/mol. The molecule has 1 saturated heterocycles. The second kappa shape index (κ2) is 7.08. The SMILES string of the molecule is COCC1CCN(Cc2cc(CNC(C)C)co2)C1. The number of nitrogens with zero attached hydrogens (tertiary/aromatic N) is 1. The van der Waals surface area contributed by atoms with Gasteiger partial charge in [0.2, 0.25) is 0 Å². The van der Waals surface area contributed by atoms with Gasteiger partial charge in [-0.3, -0.25) is 4.90 Å². The molecule has 1 aromatic heterocycles. The molecule has 1 unspecified atom stereocenters. The summed E-state index contributed by atoms with van der Waals surface area (Å²) >= 11 is 0. The molecule has 19 heavy (non-hydrogen) atoms. The average Bonchev–Trinajstić information content (AvgIpc) is 2.98. The second-order valence-electron chi connectivity index (χ2n) is 5.80. The number of hydrogen-bond acceptors (Lipinski definition) is 4. The van der Waals surface area contributed by atoms with E-state index in [0.29, 0.717) is 12.0 Å². The minimum absolute atomic E-state index is 0.506. The summed E-state index contributed by atoms with van der Waals surface area (Å²) in [7, 11) is 1.78. The molecule has 0 saturated carbocycles. The van der Waals surface area contributed by atoms with Crippen molar-refractivity contribution in [3.05, 3.63) is 23.7 Å². The van der Waals surface area contributed by atoms with Crippen LogP contribution in [0.2, 0.25) is 0 Å². The quantitative estimate of drug-likeness (QED) is 0.821. The topological polar surface area (TPSA) is 37.6 Å². The molecule has 0 aliphatic carbocycles. The minimum atomic E-state index is 0.506. The van der Waals surface area contributed by atoms with Crippen molar-refractivity contribution in [1.82, 2.24) is 10.2 Å². The molecule has 0 bridgehead atoms. The van der Waals surface area contributed by atoms with Gasteiger partial charge in [0.15, 0.2) is 0 Å². The van der Waals surface area contributed by atoms with Crippen molar-refractivity contribution in [2.75, 3.05) is 26.8 Å². The number of likely N-dealkylation sites (tertiary alicyclic amines) is 1. The predicted octanol–water partition coefficient (Wildman–Crippen LogP) is 2.25. The molecule has 1 atom stereocenters. The van der Waals surface area contributed by atoms with Gasteiger partial charge in [0.1, 0.15) is 5.76 Å². The highest BCUT2D eigenvalue weighted by molar-refractivity contribution is 5.12. The molecule has 2 heterocycles. The maximum Gasteiger partial charge on any atom is 0.118 e. The molecule has 1 aromatic rings. The number of rotatable bonds is 7. The molecule has 0 amide bonds. The van der Waals surface area contributed by atoms with Crippen LogP contribution in [0, 0.1) is 5.92 Å². The molecule has 0 radical (unpaired) electrons. The molecule has 1 aliphatic heterocycles. The van der Waals surface area contributed by atoms with E-state index in [4.69, 9.17) is 9.15 Å². The first-order valence-electron chi connectivity index (χ1n) is 7.18. The number of nitrogens with one attached hydrogen (secondary N) is 1. The van der Waals surface area contributed by atoms with Crippen LogP contribution in [0.3, 0.4) is 0 Å². The van der Waals surface area contributed by atoms with Crippen LogP contribution in [-0.4, -0.2) is 37.7 Å². The maximum absolute atomic E-state index is 5.64. The molecular weight excluding hydrogens is 240 g/mol. The number of ether oxygens (including phenoxy) is 1. The minimum Gasteiger partial charge on any atom is -0.468 e. The lowest BCUT2D eigenvalue weighted by atomic mass is 10.1. The molecule has 0 spiro atoms. The van der Waals surface area contributed by atoms with Crippen molar-refractivity contribution in [3.63, 3.8) is 0 Å². The van der Waals surface area contributed by atoms with Crippen LogP contribution >= 0.6 is 0 Å². The lowest BCUT2D eigenvalue weighted by Crippen LogP contribution is -2.22. The average molecular weight is 266 g/mol. The van der Waals surface area contributed by atoms with E-state index in [9.17, 15) is 0 Å². The molecule has 1 aliphatic rings. The third-order valence-corrected chi connectivity index (χ3v) is 3.57. The fraction of sp³-hybridized carbons (Fsp3) is 0.733. The summed E-state index contributed by atoms with van der Waals surface area (Å²) in [6.07, 6.45) is 3.10. The summed E-state index contributed by atoms with van der Waals surface area (Å²) in [6.45, 7) is 9.25. The summed E-state index contributed by atoms with van der Waals surface area (Å²) in [5.41, 5.74) is 1.23. The van der Waals surface area contributed by atoms with E-state index in [1.165, 1.54) is 12.0 Å². The Balaban J connectivity index is 1.77. The Morgan fingerprint density at radius 2 is 2.37 bits per heavy atom. The molecule has 1 fully saturated rings. The summed E-state index contributed by atoms with van der Waals surface area (Å²) in [4.78, 5) is 2.45. The number of hydrogen-bond donors (Lipinski definition) is 1. The van der Waals surface area contributed by atoms with Crippen LogP contribution < -0.4 is 5.32 Å². The maximum atomic E-state index is 5.64. The van der Waals surface area contributed by atoms with E-state index in [2.05, 4.69) is 30.1 Å². The Morgan fingerprint density at radius 3 is 3.11 bits per heavy atom. The van der Waals surface area contributed by atoms with Gasteiger partial charge in [0.05, 0.1) is 19.4 Å². The van der Waals surface area contributed by atoms with Gasteiger partial charge >= 0.3 is 0 Å². The summed E-state index contributed by atoms with van der Waals surface area (Å²) in [6, 6.07) is 2.67. The Labute approximate surface area is 116 Å². The van der Waals surface area contributed by atoms with E-state index >= 15 is 0 Å². The van der Waals surface area contributed by atoms with Gasteiger partial charge < -0.3 is 14.5 Å². The first kappa shape index (κ1) is 14.6. The van der Waals surface area contributed by atoms with Crippen LogP contribution in [0.1, 0.15) is 31.6 Å². The molecule has 4 nitrogen and oxygen atoms in total. The highest BCUT2D eigenvalue weighted by Crippen LogP contribution is 2.19. The summed E-state index contributed by atoms with van der Waals surface area (Å²) in [5, 5.41) is 3.40. The standard InChI is InChI=1S/C15H26N2O2/c1-12(2)16-7-14-6-15(19-11-14)9-17-5-4-13(8-17)10-18-3/h6,11-13,16H,4-5,7-10H2,1-3H3. The van der Waals surface area contributed by atoms with Crippen molar-refractivity contribution >= 4 is 0 Å². The van der Waals surface area contributed by atoms with Crippen LogP contribution in [0.5, 0.6) is 0 Å². The highest BCUT2D eigenvalue weighted by atomic mass is 16.5. The third kappa shape index (κ3) is 4.64. The van der Waals surface area contributed by atoms with Crippen molar-refractivity contribution in [3.8, 4) is 0 Å². The van der Waals surface area contributed by atoms with Gasteiger partial charge in [0, 0.05) is 31.8 Å². The Kier molecular flexibility index (Phi) is 5.43. The van der Waals surface area contributed by atoms with Gasteiger partial charge in [-0.1, -0.05) is 13.8 Å². The third-order valence-electron chi connectivity index (χ3n) is 3.57. The van der Waals surface area contributed by atoms with E-state index in [0.717, 1.165) is 38.5 Å². The largest absolute Gasteiger partial charge is 0.468 e. The zero-order valence-corrected chi connectivity index (χ0v) is 12.3. The van der Waals surface area contributed by atoms with Gasteiger partial charge in [0.25, 0.3) is 0 Å². The summed E-state index contributed by atoms with van der Waals surface area (Å²) < 4.78 is 10.9. The zero-order chi connectivity index (χ0) is 13.7. The molecule has 0 aromatic carbocycles. The molecule has 2 rings (SSSR count). The van der Waals surface area contributed by atoms with E-state index < -0.39 is 0 Å². The lowest BCUT2D eigenvalue weighted by Gasteiger charge is -2.13. The predicted molar refractivity (Wildman–Crippen MR) is 75.9 cm³/mol. The van der Waals surface area contributed by atoms with Crippen LogP contribution in [0.25, 0.3) is 0 Å². The Bertz CT molecular complexity index is 376. The Hall–Kier alpha value is -0.840. The van der Waals surface area contributed by atoms with Crippen molar-refractivity contribution in [2.24, 2.45) is 5.92 Å². The Morgan fingerprint density at radius 1 is 1.53 bits per heavy atom. The van der Waals surface area contributed by atoms with Gasteiger partial charge in [-0.15, -0.1) is 0 Å². The second-order valence-corrected chi connectivity index (χ2v) is 5.80. The summed E-state index contributed by atoms with van der Waals surface area (Å²) in [5.74, 6) is 1.75. The zero-order valence-electron chi connectivity index (χ0n) is 12.3. The van der Waals surface area contributed by atoms with Crippen LogP contribution in [0.15, 0.2) is 16.7 Å². The number of methoxy groups -OCH3 is 1. The van der Waals surface area contributed by atoms with Crippen LogP contribution in [-0.2, 0) is 17.8 Å². The fourth-order valence-corrected chi connectivity index (χ4v) is 2.57. The van der Waals surface area contributed by atoms with Crippen molar-refractivity contribution < 1.29 is 9.15 Å². The van der Waals surface area contributed by atoms with E-state index in [1.807, 2.05) is 6.26 Å². The normalized spacial score (nSPS) is 20.5. The van der Waals surface area contributed by atoms with Crippen molar-refractivity contribution in [2.45, 2.75) is 39.4 Å². The van der Waals surface area contributed by atoms with Gasteiger partial charge in [-0.2, -0.15) is 0 Å². The molecule has 1 N–H and O–H groups in total. The van der Waals surface area contributed by atoms with E-state index in [1.54, 1.807) is 7.11 Å². The number of furan rings is 1. The molecular formula is C15H26N2O2. The first-order chi connectivity index (χ1) is 9.17. The smallest absolute Gasteiger partial charge is 0.118 e. The molecule has 4 heteroatoms.